The molecule has 0 radical (unpaired) electrons. The highest BCUT2D eigenvalue weighted by atomic mass is 16.2. The van der Waals surface area contributed by atoms with Crippen molar-refractivity contribution in [1.82, 2.24) is 15.1 Å². The average molecular weight is 227 g/mol. The number of carbonyl (C=O) groups is 1. The lowest BCUT2D eigenvalue weighted by molar-refractivity contribution is -0.133. The van der Waals surface area contributed by atoms with E-state index in [4.69, 9.17) is 0 Å². The van der Waals surface area contributed by atoms with Crippen LogP contribution in [0.25, 0.3) is 0 Å². The van der Waals surface area contributed by atoms with Crippen LogP contribution in [-0.4, -0.2) is 62.5 Å². The minimum Gasteiger partial charge on any atom is -0.341 e. The molecule has 1 aliphatic rings. The van der Waals surface area contributed by atoms with E-state index in [-0.39, 0.29) is 11.3 Å². The number of hydrogen-bond donors (Lipinski definition) is 1. The molecule has 0 bridgehead atoms. The van der Waals surface area contributed by atoms with Crippen LogP contribution in [0.15, 0.2) is 0 Å². The van der Waals surface area contributed by atoms with E-state index in [0.29, 0.717) is 6.42 Å². The first-order valence-electron chi connectivity index (χ1n) is 6.04. The molecule has 4 heteroatoms. The topological polar surface area (TPSA) is 35.6 Å². The van der Waals surface area contributed by atoms with Gasteiger partial charge in [-0.3, -0.25) is 4.79 Å². The van der Waals surface area contributed by atoms with Gasteiger partial charge in [-0.05, 0) is 19.5 Å². The highest BCUT2D eigenvalue weighted by molar-refractivity contribution is 5.76. The fourth-order valence-electron chi connectivity index (χ4n) is 1.97. The molecule has 4 nitrogen and oxygen atoms in total. The summed E-state index contributed by atoms with van der Waals surface area (Å²) in [6.07, 6.45) is 0.628. The Labute approximate surface area is 99.0 Å². The van der Waals surface area contributed by atoms with Gasteiger partial charge in [-0.15, -0.1) is 0 Å². The van der Waals surface area contributed by atoms with Crippen LogP contribution in [0.5, 0.6) is 0 Å². The minimum atomic E-state index is 0.169. The number of hydrogen-bond acceptors (Lipinski definition) is 3. The van der Waals surface area contributed by atoms with Crippen molar-refractivity contribution < 1.29 is 4.79 Å². The van der Waals surface area contributed by atoms with E-state index in [1.165, 1.54) is 0 Å². The highest BCUT2D eigenvalue weighted by Crippen LogP contribution is 2.18. The molecule has 1 amide bonds. The molecular weight excluding hydrogens is 202 g/mol. The molecule has 0 unspecified atom stereocenters. The Morgan fingerprint density at radius 2 is 2.12 bits per heavy atom. The molecule has 1 heterocycles. The molecule has 0 aromatic heterocycles. The zero-order valence-corrected chi connectivity index (χ0v) is 11.0. The van der Waals surface area contributed by atoms with Crippen LogP contribution in [-0.2, 0) is 4.79 Å². The van der Waals surface area contributed by atoms with Gasteiger partial charge in [0.1, 0.15) is 0 Å². The lowest BCUT2D eigenvalue weighted by Crippen LogP contribution is -2.48. The van der Waals surface area contributed by atoms with Crippen LogP contribution in [0.3, 0.4) is 0 Å². The number of rotatable bonds is 3. The van der Waals surface area contributed by atoms with Crippen LogP contribution in [0.2, 0.25) is 0 Å². The van der Waals surface area contributed by atoms with Crippen molar-refractivity contribution in [1.29, 1.82) is 0 Å². The Kier molecular flexibility index (Phi) is 4.74. The summed E-state index contributed by atoms with van der Waals surface area (Å²) in [6, 6.07) is 0. The van der Waals surface area contributed by atoms with Crippen molar-refractivity contribution in [2.24, 2.45) is 5.41 Å². The molecule has 1 aliphatic heterocycles. The fourth-order valence-corrected chi connectivity index (χ4v) is 1.97. The molecule has 0 aromatic carbocycles. The van der Waals surface area contributed by atoms with Gasteiger partial charge >= 0.3 is 0 Å². The quantitative estimate of drug-likeness (QED) is 0.758. The number of likely N-dealkylation sites (N-methyl/N-ethyl adjacent to an activating group) is 1. The fraction of sp³-hybridized carbons (Fsp3) is 0.917. The summed E-state index contributed by atoms with van der Waals surface area (Å²) < 4.78 is 0. The molecule has 94 valence electrons. The largest absolute Gasteiger partial charge is 0.341 e. The van der Waals surface area contributed by atoms with Gasteiger partial charge in [0.05, 0.1) is 0 Å². The van der Waals surface area contributed by atoms with Crippen molar-refractivity contribution >= 4 is 5.91 Å². The van der Waals surface area contributed by atoms with E-state index >= 15 is 0 Å². The number of carbonyl (C=O) groups excluding carboxylic acids is 1. The van der Waals surface area contributed by atoms with E-state index in [1.807, 2.05) is 19.0 Å². The third-order valence-electron chi connectivity index (χ3n) is 2.91. The molecule has 1 N–H and O–H groups in total. The SMILES string of the molecule is CN(C)CCN1CC(C)(C)CNCCC1=O. The second-order valence-corrected chi connectivity index (χ2v) is 5.71. The summed E-state index contributed by atoms with van der Waals surface area (Å²) >= 11 is 0. The predicted octanol–water partition coefficient (Wildman–Crippen LogP) is 0.396. The number of amides is 1. The van der Waals surface area contributed by atoms with E-state index in [9.17, 15) is 4.79 Å². The van der Waals surface area contributed by atoms with E-state index in [0.717, 1.165) is 32.7 Å². The maximum Gasteiger partial charge on any atom is 0.223 e. The highest BCUT2D eigenvalue weighted by Gasteiger charge is 2.26. The van der Waals surface area contributed by atoms with Crippen LogP contribution >= 0.6 is 0 Å². The van der Waals surface area contributed by atoms with Gasteiger partial charge < -0.3 is 15.1 Å². The van der Waals surface area contributed by atoms with Crippen LogP contribution < -0.4 is 5.32 Å². The standard InChI is InChI=1S/C12H25N3O/c1-12(2)9-13-6-5-11(16)15(10-12)8-7-14(3)4/h13H,5-10H2,1-4H3. The molecule has 0 atom stereocenters. The van der Waals surface area contributed by atoms with Gasteiger partial charge in [0.2, 0.25) is 5.91 Å². The third kappa shape index (κ3) is 4.49. The number of nitrogens with one attached hydrogen (secondary N) is 1. The molecule has 0 aromatic rings. The zero-order valence-electron chi connectivity index (χ0n) is 11.0. The average Bonchev–Trinajstić information content (AvgIpc) is 2.16. The second kappa shape index (κ2) is 5.64. The Balaban J connectivity index is 2.57. The number of nitrogens with zero attached hydrogens (tertiary/aromatic N) is 2. The molecule has 1 fully saturated rings. The van der Waals surface area contributed by atoms with Crippen molar-refractivity contribution in [2.75, 3.05) is 46.8 Å². The molecule has 0 saturated carbocycles. The van der Waals surface area contributed by atoms with E-state index in [2.05, 4.69) is 24.1 Å². The van der Waals surface area contributed by atoms with Crippen LogP contribution in [0.1, 0.15) is 20.3 Å². The molecule has 0 aliphatic carbocycles. The first kappa shape index (κ1) is 13.5. The lowest BCUT2D eigenvalue weighted by atomic mass is 9.91. The first-order valence-corrected chi connectivity index (χ1v) is 6.04. The Morgan fingerprint density at radius 3 is 2.75 bits per heavy atom. The van der Waals surface area contributed by atoms with Crippen molar-refractivity contribution in [3.8, 4) is 0 Å². The molecule has 16 heavy (non-hydrogen) atoms. The summed E-state index contributed by atoms with van der Waals surface area (Å²) in [6.45, 7) is 8.85. The summed E-state index contributed by atoms with van der Waals surface area (Å²) in [7, 11) is 4.09. The van der Waals surface area contributed by atoms with Gasteiger partial charge in [0, 0.05) is 39.1 Å². The molecule has 0 spiro atoms. The van der Waals surface area contributed by atoms with Gasteiger partial charge in [0.25, 0.3) is 0 Å². The second-order valence-electron chi connectivity index (χ2n) is 5.71. The molecule has 1 rings (SSSR count). The zero-order chi connectivity index (χ0) is 12.2. The minimum absolute atomic E-state index is 0.169. The molecule has 1 saturated heterocycles. The predicted molar refractivity (Wildman–Crippen MR) is 66.4 cm³/mol. The monoisotopic (exact) mass is 227 g/mol. The Bertz CT molecular complexity index is 238. The van der Waals surface area contributed by atoms with Gasteiger partial charge in [-0.1, -0.05) is 13.8 Å². The van der Waals surface area contributed by atoms with Crippen LogP contribution in [0, 0.1) is 5.41 Å². The van der Waals surface area contributed by atoms with Crippen LogP contribution in [0.4, 0.5) is 0 Å². The Morgan fingerprint density at radius 1 is 1.44 bits per heavy atom. The first-order chi connectivity index (χ1) is 7.41. The summed E-state index contributed by atoms with van der Waals surface area (Å²) in [5, 5.41) is 3.34. The van der Waals surface area contributed by atoms with E-state index < -0.39 is 0 Å². The smallest absolute Gasteiger partial charge is 0.223 e. The van der Waals surface area contributed by atoms with Gasteiger partial charge in [-0.25, -0.2) is 0 Å². The maximum absolute atomic E-state index is 11.9. The van der Waals surface area contributed by atoms with Crippen molar-refractivity contribution in [2.45, 2.75) is 20.3 Å². The lowest BCUT2D eigenvalue weighted by Gasteiger charge is -2.35. The third-order valence-corrected chi connectivity index (χ3v) is 2.91. The normalized spacial score (nSPS) is 22.1. The maximum atomic E-state index is 11.9. The van der Waals surface area contributed by atoms with Gasteiger partial charge in [-0.2, -0.15) is 0 Å². The molecular formula is C12H25N3O. The summed E-state index contributed by atoms with van der Waals surface area (Å²) in [4.78, 5) is 16.1. The van der Waals surface area contributed by atoms with Crippen molar-refractivity contribution in [3.63, 3.8) is 0 Å². The van der Waals surface area contributed by atoms with E-state index in [1.54, 1.807) is 0 Å². The Hall–Kier alpha value is -0.610. The summed E-state index contributed by atoms with van der Waals surface area (Å²) in [5.41, 5.74) is 0.169. The van der Waals surface area contributed by atoms with Gasteiger partial charge in [0.15, 0.2) is 0 Å². The summed E-state index contributed by atoms with van der Waals surface area (Å²) in [5.74, 6) is 0.280. The van der Waals surface area contributed by atoms with Crippen molar-refractivity contribution in [3.05, 3.63) is 0 Å².